The summed E-state index contributed by atoms with van der Waals surface area (Å²) in [5.74, 6) is -1.01. The Kier molecular flexibility index (Phi) is 13.1. The van der Waals surface area contributed by atoms with Crippen molar-refractivity contribution in [3.05, 3.63) is 17.7 Å². The largest absolute Gasteiger partial charge is 0.508 e. The first kappa shape index (κ1) is 26.8. The molecule has 30 heavy (non-hydrogen) atoms. The van der Waals surface area contributed by atoms with Gasteiger partial charge in [-0.3, -0.25) is 4.55 Å². The van der Waals surface area contributed by atoms with E-state index in [1.807, 2.05) is 6.92 Å². The molecule has 0 saturated carbocycles. The lowest BCUT2D eigenvalue weighted by molar-refractivity contribution is 0.418. The molecule has 0 aliphatic carbocycles. The SMILES string of the molecule is CCCCCCCCCCCCCCCCC(C)c1c(O)ccc(O)c1S(=O)(=O)O. The van der Waals surface area contributed by atoms with Crippen molar-refractivity contribution in [3.8, 4) is 11.5 Å². The Hall–Kier alpha value is -1.27. The number of unbranched alkanes of at least 4 members (excludes halogenated alkanes) is 13. The van der Waals surface area contributed by atoms with Crippen LogP contribution in [0.1, 0.15) is 122 Å². The van der Waals surface area contributed by atoms with E-state index in [9.17, 15) is 23.2 Å². The van der Waals surface area contributed by atoms with Crippen LogP contribution in [0.15, 0.2) is 17.0 Å². The van der Waals surface area contributed by atoms with Gasteiger partial charge in [0.1, 0.15) is 16.4 Å². The minimum atomic E-state index is -4.60. The summed E-state index contributed by atoms with van der Waals surface area (Å²) >= 11 is 0. The highest BCUT2D eigenvalue weighted by molar-refractivity contribution is 7.86. The maximum Gasteiger partial charge on any atom is 0.298 e. The second kappa shape index (κ2) is 14.7. The number of hydrogen-bond acceptors (Lipinski definition) is 4. The summed E-state index contributed by atoms with van der Waals surface area (Å²) < 4.78 is 32.7. The average Bonchev–Trinajstić information content (AvgIpc) is 2.68. The van der Waals surface area contributed by atoms with Crippen molar-refractivity contribution in [1.82, 2.24) is 0 Å². The van der Waals surface area contributed by atoms with Crippen LogP contribution in [0, 0.1) is 0 Å². The van der Waals surface area contributed by atoms with Crippen LogP contribution in [0.3, 0.4) is 0 Å². The number of rotatable bonds is 17. The molecular formula is C24H42O5S. The van der Waals surface area contributed by atoms with Crippen LogP contribution in [-0.2, 0) is 10.1 Å². The number of aromatic hydroxyl groups is 2. The molecule has 6 heteroatoms. The Labute approximate surface area is 183 Å². The van der Waals surface area contributed by atoms with E-state index in [2.05, 4.69) is 6.92 Å². The van der Waals surface area contributed by atoms with E-state index in [4.69, 9.17) is 0 Å². The zero-order chi connectivity index (χ0) is 22.4. The van der Waals surface area contributed by atoms with Crippen LogP contribution in [0.4, 0.5) is 0 Å². The molecule has 0 radical (unpaired) electrons. The lowest BCUT2D eigenvalue weighted by Gasteiger charge is -2.17. The van der Waals surface area contributed by atoms with Gasteiger partial charge in [-0.1, -0.05) is 104 Å². The fourth-order valence-corrected chi connectivity index (χ4v) is 5.03. The van der Waals surface area contributed by atoms with E-state index in [1.165, 1.54) is 76.7 Å². The van der Waals surface area contributed by atoms with Gasteiger partial charge in [0.25, 0.3) is 10.1 Å². The van der Waals surface area contributed by atoms with Crippen molar-refractivity contribution < 1.29 is 23.2 Å². The highest BCUT2D eigenvalue weighted by Gasteiger charge is 2.26. The van der Waals surface area contributed by atoms with Crippen molar-refractivity contribution >= 4 is 10.1 Å². The molecule has 1 aromatic carbocycles. The number of phenolic OH excluding ortho intramolecular Hbond substituents is 2. The Bertz CT molecular complexity index is 700. The van der Waals surface area contributed by atoms with Gasteiger partial charge in [-0.05, 0) is 24.5 Å². The first-order valence-electron chi connectivity index (χ1n) is 11.8. The third-order valence-corrected chi connectivity index (χ3v) is 6.84. The molecule has 0 aromatic heterocycles. The van der Waals surface area contributed by atoms with Gasteiger partial charge in [0, 0.05) is 5.56 Å². The zero-order valence-electron chi connectivity index (χ0n) is 18.9. The average molecular weight is 443 g/mol. The van der Waals surface area contributed by atoms with Gasteiger partial charge in [-0.2, -0.15) is 8.42 Å². The molecule has 174 valence electrons. The Morgan fingerprint density at radius 2 is 1.13 bits per heavy atom. The summed E-state index contributed by atoms with van der Waals surface area (Å²) in [5.41, 5.74) is 0.104. The molecule has 1 atom stereocenters. The lowest BCUT2D eigenvalue weighted by atomic mass is 9.93. The molecule has 0 heterocycles. The van der Waals surface area contributed by atoms with Gasteiger partial charge in [0.2, 0.25) is 0 Å². The summed E-state index contributed by atoms with van der Waals surface area (Å²) in [7, 11) is -4.60. The number of benzene rings is 1. The van der Waals surface area contributed by atoms with Gasteiger partial charge in [-0.15, -0.1) is 0 Å². The standard InChI is InChI=1S/C24H42O5S/c1-3-4-5-6-7-8-9-10-11-12-13-14-15-16-17-20(2)23-21(25)18-19-22(26)24(23)30(27,28)29/h18-20,25-26H,3-17H2,1-2H3,(H,27,28,29). The van der Waals surface area contributed by atoms with Crippen LogP contribution in [0.2, 0.25) is 0 Å². The number of phenols is 2. The van der Waals surface area contributed by atoms with Gasteiger partial charge in [0.15, 0.2) is 0 Å². The summed E-state index contributed by atoms with van der Waals surface area (Å²) in [6.07, 6.45) is 18.5. The van der Waals surface area contributed by atoms with E-state index in [0.29, 0.717) is 6.42 Å². The second-order valence-electron chi connectivity index (χ2n) is 8.61. The van der Waals surface area contributed by atoms with Crippen LogP contribution in [0.5, 0.6) is 11.5 Å². The molecule has 1 rings (SSSR count). The Morgan fingerprint density at radius 3 is 1.57 bits per heavy atom. The molecule has 1 aromatic rings. The van der Waals surface area contributed by atoms with Gasteiger partial charge in [-0.25, -0.2) is 0 Å². The summed E-state index contributed by atoms with van der Waals surface area (Å²) in [6, 6.07) is 2.35. The topological polar surface area (TPSA) is 94.8 Å². The minimum absolute atomic E-state index is 0.104. The molecule has 0 bridgehead atoms. The van der Waals surface area contributed by atoms with Crippen LogP contribution >= 0.6 is 0 Å². The molecule has 0 aliphatic rings. The van der Waals surface area contributed by atoms with Crippen molar-refractivity contribution in [3.63, 3.8) is 0 Å². The molecule has 3 N–H and O–H groups in total. The predicted molar refractivity (Wildman–Crippen MR) is 123 cm³/mol. The van der Waals surface area contributed by atoms with Crippen molar-refractivity contribution in [1.29, 1.82) is 0 Å². The van der Waals surface area contributed by atoms with Crippen molar-refractivity contribution in [2.75, 3.05) is 0 Å². The van der Waals surface area contributed by atoms with Crippen molar-refractivity contribution in [2.24, 2.45) is 0 Å². The summed E-state index contributed by atoms with van der Waals surface area (Å²) in [5, 5.41) is 19.9. The first-order valence-corrected chi connectivity index (χ1v) is 13.2. The van der Waals surface area contributed by atoms with Crippen LogP contribution in [-0.4, -0.2) is 23.2 Å². The molecule has 0 aliphatic heterocycles. The second-order valence-corrected chi connectivity index (χ2v) is 9.97. The predicted octanol–water partition coefficient (Wildman–Crippen LogP) is 7.32. The summed E-state index contributed by atoms with van der Waals surface area (Å²) in [6.45, 7) is 4.06. The highest BCUT2D eigenvalue weighted by Crippen LogP contribution is 2.39. The van der Waals surface area contributed by atoms with Gasteiger partial charge >= 0.3 is 0 Å². The van der Waals surface area contributed by atoms with E-state index >= 15 is 0 Å². The molecule has 0 fully saturated rings. The number of hydrogen-bond donors (Lipinski definition) is 3. The van der Waals surface area contributed by atoms with Gasteiger partial charge < -0.3 is 10.2 Å². The highest BCUT2D eigenvalue weighted by atomic mass is 32.2. The summed E-state index contributed by atoms with van der Waals surface area (Å²) in [4.78, 5) is -0.569. The molecule has 0 saturated heterocycles. The van der Waals surface area contributed by atoms with E-state index in [0.717, 1.165) is 25.3 Å². The Morgan fingerprint density at radius 1 is 0.733 bits per heavy atom. The van der Waals surface area contributed by atoms with E-state index in [1.54, 1.807) is 0 Å². The minimum Gasteiger partial charge on any atom is -0.508 e. The van der Waals surface area contributed by atoms with Gasteiger partial charge in [0.05, 0.1) is 0 Å². The lowest BCUT2D eigenvalue weighted by Crippen LogP contribution is -2.07. The quantitative estimate of drug-likeness (QED) is 0.133. The Balaban J connectivity index is 2.19. The van der Waals surface area contributed by atoms with Crippen molar-refractivity contribution in [2.45, 2.75) is 121 Å². The molecule has 0 amide bonds. The van der Waals surface area contributed by atoms with E-state index < -0.39 is 20.8 Å². The molecule has 0 spiro atoms. The maximum atomic E-state index is 11.6. The first-order chi connectivity index (χ1) is 14.3. The smallest absolute Gasteiger partial charge is 0.298 e. The third kappa shape index (κ3) is 10.2. The molecule has 5 nitrogen and oxygen atoms in total. The maximum absolute atomic E-state index is 11.6. The molecular weight excluding hydrogens is 400 g/mol. The van der Waals surface area contributed by atoms with Crippen LogP contribution in [0.25, 0.3) is 0 Å². The normalized spacial score (nSPS) is 12.9. The molecule has 1 unspecified atom stereocenters. The zero-order valence-corrected chi connectivity index (χ0v) is 19.7. The fourth-order valence-electron chi connectivity index (χ4n) is 4.11. The van der Waals surface area contributed by atoms with Crippen LogP contribution < -0.4 is 0 Å². The van der Waals surface area contributed by atoms with E-state index in [-0.39, 0.29) is 17.2 Å². The third-order valence-electron chi connectivity index (χ3n) is 5.89. The fraction of sp³-hybridized carbons (Fsp3) is 0.750. The monoisotopic (exact) mass is 442 g/mol.